The summed E-state index contributed by atoms with van der Waals surface area (Å²) in [6.45, 7) is -0.0130. The predicted octanol–water partition coefficient (Wildman–Crippen LogP) is 1.94. The highest BCUT2D eigenvalue weighted by Crippen LogP contribution is 2.31. The molecule has 1 aromatic carbocycles. The Morgan fingerprint density at radius 1 is 1.26 bits per heavy atom. The van der Waals surface area contributed by atoms with Crippen LogP contribution < -0.4 is 10.2 Å². The van der Waals surface area contributed by atoms with Crippen molar-refractivity contribution in [3.63, 3.8) is 0 Å². The summed E-state index contributed by atoms with van der Waals surface area (Å²) < 4.78 is 37.4. The molecule has 1 aliphatic heterocycles. The number of carbonyl (C=O) groups is 2. The Hall–Kier alpha value is -2.25. The first-order chi connectivity index (χ1) is 8.86. The van der Waals surface area contributed by atoms with E-state index in [1.54, 1.807) is 0 Å². The van der Waals surface area contributed by atoms with E-state index in [-0.39, 0.29) is 18.7 Å². The lowest BCUT2D eigenvalue weighted by Gasteiger charge is -2.25. The fourth-order valence-electron chi connectivity index (χ4n) is 1.49. The molecule has 2 rings (SSSR count). The summed E-state index contributed by atoms with van der Waals surface area (Å²) in [5.74, 6) is -0.576. The standard InChI is InChI=1S/C11H9F3N2O3/c12-11(13,14)7-2-1-3-8(6-7)19-16-5-4-9(17)15-10(16)18/h1-3,6H,4-5H2,(H,15,17,18). The molecule has 0 spiro atoms. The lowest BCUT2D eigenvalue weighted by atomic mass is 10.2. The predicted molar refractivity (Wildman–Crippen MR) is 56.9 cm³/mol. The highest BCUT2D eigenvalue weighted by molar-refractivity contribution is 5.96. The Kier molecular flexibility index (Phi) is 3.32. The molecular formula is C11H9F3N2O3. The third-order valence-corrected chi connectivity index (χ3v) is 2.39. The molecule has 5 nitrogen and oxygen atoms in total. The lowest BCUT2D eigenvalue weighted by molar-refractivity contribution is -0.137. The van der Waals surface area contributed by atoms with E-state index in [2.05, 4.69) is 0 Å². The molecule has 1 saturated heterocycles. The van der Waals surface area contributed by atoms with Gasteiger partial charge in [-0.3, -0.25) is 10.1 Å². The van der Waals surface area contributed by atoms with Crippen LogP contribution in [0.25, 0.3) is 0 Å². The van der Waals surface area contributed by atoms with E-state index in [1.807, 2.05) is 5.32 Å². The molecule has 102 valence electrons. The molecule has 0 atom stereocenters. The van der Waals surface area contributed by atoms with Gasteiger partial charge in [-0.05, 0) is 18.2 Å². The van der Waals surface area contributed by atoms with E-state index in [9.17, 15) is 22.8 Å². The minimum atomic E-state index is -4.49. The molecule has 8 heteroatoms. The zero-order valence-electron chi connectivity index (χ0n) is 9.53. The SMILES string of the molecule is O=C1CCN(Oc2cccc(C(F)(F)F)c2)C(=O)N1. The molecule has 3 amide bonds. The van der Waals surface area contributed by atoms with Crippen LogP contribution in [0.15, 0.2) is 24.3 Å². The number of hydrogen-bond acceptors (Lipinski definition) is 3. The summed E-state index contributed by atoms with van der Waals surface area (Å²) in [6.07, 6.45) is -4.45. The minimum absolute atomic E-state index is 0.0130. The van der Waals surface area contributed by atoms with Gasteiger partial charge in [-0.2, -0.15) is 18.2 Å². The van der Waals surface area contributed by atoms with E-state index in [0.29, 0.717) is 0 Å². The fourth-order valence-corrected chi connectivity index (χ4v) is 1.49. The van der Waals surface area contributed by atoms with Crippen LogP contribution in [0, 0.1) is 0 Å². The number of nitrogens with zero attached hydrogens (tertiary/aromatic N) is 1. The van der Waals surface area contributed by atoms with Gasteiger partial charge in [-0.1, -0.05) is 6.07 Å². The van der Waals surface area contributed by atoms with Crippen LogP contribution in [0.1, 0.15) is 12.0 Å². The summed E-state index contributed by atoms with van der Waals surface area (Å²) in [4.78, 5) is 27.3. The second kappa shape index (κ2) is 4.79. The molecular weight excluding hydrogens is 265 g/mol. The first-order valence-corrected chi connectivity index (χ1v) is 5.33. The maximum atomic E-state index is 12.5. The summed E-state index contributed by atoms with van der Waals surface area (Å²) in [7, 11) is 0. The number of urea groups is 1. The molecule has 0 aliphatic carbocycles. The first kappa shape index (κ1) is 13.2. The van der Waals surface area contributed by atoms with Crippen molar-refractivity contribution in [2.45, 2.75) is 12.6 Å². The molecule has 0 radical (unpaired) electrons. The number of benzene rings is 1. The molecule has 0 aromatic heterocycles. The van der Waals surface area contributed by atoms with E-state index in [0.717, 1.165) is 17.2 Å². The lowest BCUT2D eigenvalue weighted by Crippen LogP contribution is -2.50. The van der Waals surface area contributed by atoms with Gasteiger partial charge in [0.2, 0.25) is 5.91 Å². The molecule has 1 aliphatic rings. The zero-order chi connectivity index (χ0) is 14.0. The number of imide groups is 1. The number of alkyl halides is 3. The molecule has 0 bridgehead atoms. The second-order valence-corrected chi connectivity index (χ2v) is 3.82. The van der Waals surface area contributed by atoms with Gasteiger partial charge in [0.1, 0.15) is 0 Å². The van der Waals surface area contributed by atoms with E-state index in [1.165, 1.54) is 12.1 Å². The number of carbonyl (C=O) groups excluding carboxylic acids is 2. The highest BCUT2D eigenvalue weighted by atomic mass is 19.4. The molecule has 1 aromatic rings. The van der Waals surface area contributed by atoms with Crippen molar-refractivity contribution in [3.8, 4) is 5.75 Å². The molecule has 0 saturated carbocycles. The van der Waals surface area contributed by atoms with Gasteiger partial charge < -0.3 is 4.84 Å². The van der Waals surface area contributed by atoms with Crippen LogP contribution in [0.3, 0.4) is 0 Å². The molecule has 1 heterocycles. The number of hydrogen-bond donors (Lipinski definition) is 1. The monoisotopic (exact) mass is 274 g/mol. The zero-order valence-corrected chi connectivity index (χ0v) is 9.53. The van der Waals surface area contributed by atoms with E-state index >= 15 is 0 Å². The second-order valence-electron chi connectivity index (χ2n) is 3.82. The number of halogens is 3. The van der Waals surface area contributed by atoms with Gasteiger partial charge in [0, 0.05) is 6.42 Å². The van der Waals surface area contributed by atoms with Crippen LogP contribution in [-0.4, -0.2) is 23.5 Å². The van der Waals surface area contributed by atoms with Crippen molar-refractivity contribution in [3.05, 3.63) is 29.8 Å². The van der Waals surface area contributed by atoms with Crippen LogP contribution in [0.2, 0.25) is 0 Å². The average molecular weight is 274 g/mol. The van der Waals surface area contributed by atoms with Gasteiger partial charge in [0.05, 0.1) is 12.1 Å². The maximum Gasteiger partial charge on any atom is 0.416 e. The maximum absolute atomic E-state index is 12.5. The fraction of sp³-hybridized carbons (Fsp3) is 0.273. The van der Waals surface area contributed by atoms with Gasteiger partial charge in [-0.25, -0.2) is 4.79 Å². The smallest absolute Gasteiger partial charge is 0.375 e. The van der Waals surface area contributed by atoms with Crippen molar-refractivity contribution in [2.75, 3.05) is 6.54 Å². The van der Waals surface area contributed by atoms with Crippen LogP contribution in [0.5, 0.6) is 5.75 Å². The van der Waals surface area contributed by atoms with Gasteiger partial charge in [-0.15, -0.1) is 0 Å². The van der Waals surface area contributed by atoms with E-state index < -0.39 is 23.7 Å². The van der Waals surface area contributed by atoms with Crippen LogP contribution in [-0.2, 0) is 11.0 Å². The Morgan fingerprint density at radius 2 is 2.00 bits per heavy atom. The summed E-state index contributed by atoms with van der Waals surface area (Å²) in [5.41, 5.74) is -0.876. The Morgan fingerprint density at radius 3 is 2.63 bits per heavy atom. The van der Waals surface area contributed by atoms with Crippen molar-refractivity contribution in [2.24, 2.45) is 0 Å². The Labute approximate surface area is 105 Å². The normalized spacial score (nSPS) is 16.3. The Bertz CT molecular complexity index is 516. The van der Waals surface area contributed by atoms with E-state index in [4.69, 9.17) is 4.84 Å². The number of rotatable bonds is 2. The van der Waals surface area contributed by atoms with Gasteiger partial charge >= 0.3 is 12.2 Å². The number of hydroxylamine groups is 2. The van der Waals surface area contributed by atoms with Crippen molar-refractivity contribution in [1.29, 1.82) is 0 Å². The first-order valence-electron chi connectivity index (χ1n) is 5.33. The largest absolute Gasteiger partial charge is 0.416 e. The number of amides is 3. The van der Waals surface area contributed by atoms with Crippen molar-refractivity contribution >= 4 is 11.9 Å². The third kappa shape index (κ3) is 3.15. The Balaban J connectivity index is 2.11. The molecule has 0 unspecified atom stereocenters. The summed E-state index contributed by atoms with van der Waals surface area (Å²) >= 11 is 0. The van der Waals surface area contributed by atoms with Crippen LogP contribution in [0.4, 0.5) is 18.0 Å². The highest BCUT2D eigenvalue weighted by Gasteiger charge is 2.31. The van der Waals surface area contributed by atoms with Gasteiger partial charge in [0.15, 0.2) is 5.75 Å². The van der Waals surface area contributed by atoms with Crippen molar-refractivity contribution < 1.29 is 27.6 Å². The van der Waals surface area contributed by atoms with Crippen molar-refractivity contribution in [1.82, 2.24) is 10.4 Å². The molecule has 1 N–H and O–H groups in total. The topological polar surface area (TPSA) is 58.6 Å². The average Bonchev–Trinajstić information content (AvgIpc) is 2.32. The quantitative estimate of drug-likeness (QED) is 0.896. The summed E-state index contributed by atoms with van der Waals surface area (Å²) in [6, 6.07) is 3.34. The number of nitrogens with one attached hydrogen (secondary N) is 1. The minimum Gasteiger partial charge on any atom is -0.375 e. The van der Waals surface area contributed by atoms with Crippen LogP contribution >= 0.6 is 0 Å². The van der Waals surface area contributed by atoms with Gasteiger partial charge in [0.25, 0.3) is 0 Å². The molecule has 19 heavy (non-hydrogen) atoms. The summed E-state index contributed by atoms with van der Waals surface area (Å²) in [5, 5.41) is 2.80. The molecule has 1 fully saturated rings. The third-order valence-electron chi connectivity index (χ3n) is 2.39.